The Balaban J connectivity index is 1.20. The Labute approximate surface area is 399 Å². The fourth-order valence-corrected chi connectivity index (χ4v) is 8.25. The van der Waals surface area contributed by atoms with Crippen LogP contribution in [0.4, 0.5) is 4.79 Å². The molecule has 5 atom stereocenters. The standard InChI is InChI=1S/C50H59N13O6/c1-62-22-10-9-19-41(45(52)64)57-47(66)42(21-20-32-13-3-2-4-14-32)58-48(67)43(25-33-28-54-39-17-7-5-15-36(33)39)60-50(69)63(24-12-11-23-62)61-49(68)44(26-34-29-55-40-18-8-6-16-37(34)40)59-46(65)38(51)27-35-30-53-31-56-35/h2-8,13-18,28-31,38,41-44,54-55H,9-10,19-27,51H2,1H3,(H2,52,64)(H,53,56)(H,57,66)(H,58,67)(H,59,65)(H,60,69)(H,61,68)/t38-,41-,42+,43-,44+/m0/s1. The second-order valence-electron chi connectivity index (χ2n) is 17.3. The molecule has 4 heterocycles. The zero-order valence-electron chi connectivity index (χ0n) is 38.4. The monoisotopic (exact) mass is 937 g/mol. The number of benzene rings is 3. The second kappa shape index (κ2) is 23.7. The van der Waals surface area contributed by atoms with E-state index in [1.54, 1.807) is 18.6 Å². The molecule has 3 aromatic heterocycles. The SMILES string of the molecule is CN1CC#CCN(NC(=O)[C@@H](Cc2c[nH]c3ccccc23)NC(=O)[C@@H](N)Cc2cnc[nH]2)C(=O)N[C@@H](Cc2c[nH]c3ccccc23)C(=O)N[C@H](CCc2ccccc2)C(=O)N[C@H](C(N)=O)CCCC1. The maximum atomic E-state index is 14.7. The average molecular weight is 938 g/mol. The molecule has 1 aliphatic rings. The number of H-pyrrole nitrogens is 3. The number of hydrogen-bond acceptors (Lipinski definition) is 9. The van der Waals surface area contributed by atoms with Crippen LogP contribution in [0.25, 0.3) is 21.8 Å². The van der Waals surface area contributed by atoms with Gasteiger partial charge in [0.25, 0.3) is 5.91 Å². The largest absolute Gasteiger partial charge is 0.368 e. The average Bonchev–Trinajstić information content (AvgIpc) is 4.12. The van der Waals surface area contributed by atoms with E-state index >= 15 is 0 Å². The van der Waals surface area contributed by atoms with Crippen LogP contribution in [0.15, 0.2) is 104 Å². The molecule has 0 aliphatic carbocycles. The van der Waals surface area contributed by atoms with E-state index in [-0.39, 0.29) is 38.6 Å². The van der Waals surface area contributed by atoms with E-state index < -0.39 is 65.8 Å². The van der Waals surface area contributed by atoms with Gasteiger partial charge in [-0.3, -0.25) is 34.3 Å². The number of aromatic nitrogens is 4. The molecule has 0 fully saturated rings. The summed E-state index contributed by atoms with van der Waals surface area (Å²) in [5.41, 5.74) is 19.4. The Kier molecular flexibility index (Phi) is 16.8. The normalized spacial score (nSPS) is 18.8. The Morgan fingerprint density at radius 1 is 0.783 bits per heavy atom. The van der Waals surface area contributed by atoms with E-state index in [0.717, 1.165) is 37.9 Å². The van der Waals surface area contributed by atoms with Crippen LogP contribution in [-0.2, 0) is 49.7 Å². The van der Waals surface area contributed by atoms with E-state index in [2.05, 4.69) is 58.5 Å². The molecule has 19 nitrogen and oxygen atoms in total. The molecule has 0 bridgehead atoms. The van der Waals surface area contributed by atoms with Gasteiger partial charge in [-0.25, -0.2) is 14.8 Å². The van der Waals surface area contributed by atoms with Crippen molar-refractivity contribution in [1.29, 1.82) is 0 Å². The van der Waals surface area contributed by atoms with Crippen molar-refractivity contribution >= 4 is 57.4 Å². The quantitative estimate of drug-likeness (QED) is 0.0713. The summed E-state index contributed by atoms with van der Waals surface area (Å²) < 4.78 is 0. The van der Waals surface area contributed by atoms with Crippen molar-refractivity contribution in [2.24, 2.45) is 11.5 Å². The number of urea groups is 1. The summed E-state index contributed by atoms with van der Waals surface area (Å²) in [6.45, 7) is 0.571. The molecule has 0 spiro atoms. The molecule has 0 radical (unpaired) electrons. The second-order valence-corrected chi connectivity index (χ2v) is 17.3. The number of carbonyl (C=O) groups is 6. The van der Waals surface area contributed by atoms with Gasteiger partial charge in [-0.2, -0.15) is 0 Å². The van der Waals surface area contributed by atoms with Crippen molar-refractivity contribution in [3.05, 3.63) is 126 Å². The van der Waals surface area contributed by atoms with Crippen molar-refractivity contribution in [2.75, 3.05) is 26.7 Å². The number of imidazole rings is 1. The van der Waals surface area contributed by atoms with E-state index in [9.17, 15) is 28.8 Å². The number of amides is 7. The van der Waals surface area contributed by atoms with Gasteiger partial charge >= 0.3 is 6.03 Å². The number of rotatable bonds is 14. The summed E-state index contributed by atoms with van der Waals surface area (Å²) >= 11 is 0. The minimum absolute atomic E-state index is 0.0128. The molecular formula is C50H59N13O6. The molecular weight excluding hydrogens is 879 g/mol. The predicted molar refractivity (Wildman–Crippen MR) is 260 cm³/mol. The van der Waals surface area contributed by atoms with Crippen LogP contribution in [0.5, 0.6) is 0 Å². The molecule has 0 saturated carbocycles. The van der Waals surface area contributed by atoms with Gasteiger partial charge in [-0.1, -0.05) is 78.6 Å². The van der Waals surface area contributed by atoms with Crippen LogP contribution in [0.1, 0.15) is 48.1 Å². The summed E-state index contributed by atoms with van der Waals surface area (Å²) in [5, 5.41) is 13.9. The summed E-state index contributed by atoms with van der Waals surface area (Å²) in [6, 6.07) is 17.8. The number of carbonyl (C=O) groups excluding carboxylic acids is 6. The molecule has 360 valence electrons. The van der Waals surface area contributed by atoms with Gasteiger partial charge in [0.1, 0.15) is 30.7 Å². The van der Waals surface area contributed by atoms with Crippen LogP contribution >= 0.6 is 0 Å². The van der Waals surface area contributed by atoms with Crippen LogP contribution in [0.3, 0.4) is 0 Å². The highest BCUT2D eigenvalue weighted by atomic mass is 16.2. The summed E-state index contributed by atoms with van der Waals surface area (Å²) in [4.78, 5) is 99.7. The van der Waals surface area contributed by atoms with Gasteiger partial charge in [0.05, 0.1) is 18.9 Å². The summed E-state index contributed by atoms with van der Waals surface area (Å²) in [6.07, 6.45) is 8.66. The predicted octanol–water partition coefficient (Wildman–Crippen LogP) is 1.83. The molecule has 7 amide bonds. The van der Waals surface area contributed by atoms with Crippen molar-refractivity contribution < 1.29 is 28.8 Å². The Morgan fingerprint density at radius 2 is 1.45 bits per heavy atom. The number of nitrogens with two attached hydrogens (primary N) is 2. The molecule has 1 aliphatic heterocycles. The zero-order chi connectivity index (χ0) is 48.7. The molecule has 19 heteroatoms. The van der Waals surface area contributed by atoms with Crippen molar-refractivity contribution in [1.82, 2.24) is 56.5 Å². The maximum Gasteiger partial charge on any atom is 0.337 e. The minimum Gasteiger partial charge on any atom is -0.368 e. The molecule has 0 saturated heterocycles. The lowest BCUT2D eigenvalue weighted by molar-refractivity contribution is -0.132. The first-order valence-electron chi connectivity index (χ1n) is 23.0. The fraction of sp³-hybridized carbons (Fsp3) is 0.340. The van der Waals surface area contributed by atoms with E-state index in [4.69, 9.17) is 11.5 Å². The highest BCUT2D eigenvalue weighted by Crippen LogP contribution is 2.21. The lowest BCUT2D eigenvalue weighted by atomic mass is 10.0. The first-order valence-corrected chi connectivity index (χ1v) is 23.0. The number of primary amides is 1. The highest BCUT2D eigenvalue weighted by molar-refractivity contribution is 5.96. The van der Waals surface area contributed by atoms with Gasteiger partial charge in [-0.15, -0.1) is 0 Å². The number of aromatic amines is 3. The van der Waals surface area contributed by atoms with Crippen molar-refractivity contribution in [3.63, 3.8) is 0 Å². The molecule has 7 rings (SSSR count). The number of fused-ring (bicyclic) bond motifs is 2. The first kappa shape index (κ1) is 49.0. The van der Waals surface area contributed by atoms with Gasteiger partial charge in [0.2, 0.25) is 23.6 Å². The fourth-order valence-electron chi connectivity index (χ4n) is 8.25. The third kappa shape index (κ3) is 13.6. The molecule has 0 unspecified atom stereocenters. The zero-order valence-corrected chi connectivity index (χ0v) is 38.4. The number of para-hydroxylation sites is 2. The van der Waals surface area contributed by atoms with Gasteiger partial charge in [0.15, 0.2) is 0 Å². The van der Waals surface area contributed by atoms with Crippen LogP contribution in [-0.4, -0.2) is 122 Å². The number of nitrogens with one attached hydrogen (secondary N) is 8. The number of nitrogens with zero attached hydrogens (tertiary/aromatic N) is 3. The van der Waals surface area contributed by atoms with Gasteiger partial charge < -0.3 is 47.7 Å². The number of hydrazine groups is 1. The van der Waals surface area contributed by atoms with Crippen molar-refractivity contribution in [3.8, 4) is 11.8 Å². The van der Waals surface area contributed by atoms with Crippen LogP contribution in [0.2, 0.25) is 0 Å². The van der Waals surface area contributed by atoms with E-state index in [0.29, 0.717) is 43.6 Å². The first-order chi connectivity index (χ1) is 33.4. The number of aryl methyl sites for hydroxylation is 1. The van der Waals surface area contributed by atoms with Crippen LogP contribution in [0, 0.1) is 11.8 Å². The Morgan fingerprint density at radius 3 is 2.16 bits per heavy atom. The summed E-state index contributed by atoms with van der Waals surface area (Å²) in [5.74, 6) is 2.67. The smallest absolute Gasteiger partial charge is 0.337 e. The lowest BCUT2D eigenvalue weighted by Crippen LogP contribution is -2.61. The maximum absolute atomic E-state index is 14.7. The Hall–Kier alpha value is -7.95. The minimum atomic E-state index is -1.32. The molecule has 6 aromatic rings. The summed E-state index contributed by atoms with van der Waals surface area (Å²) in [7, 11) is 1.87. The van der Waals surface area contributed by atoms with Gasteiger partial charge in [-0.05, 0) is 74.5 Å². The van der Waals surface area contributed by atoms with Crippen LogP contribution < -0.4 is 38.2 Å². The molecule has 12 N–H and O–H groups in total. The topological polar surface area (TPSA) is 281 Å². The highest BCUT2D eigenvalue weighted by Gasteiger charge is 2.33. The van der Waals surface area contributed by atoms with E-state index in [1.807, 2.05) is 90.8 Å². The third-order valence-corrected chi connectivity index (χ3v) is 12.1. The number of hydrogen-bond donors (Lipinski definition) is 10. The van der Waals surface area contributed by atoms with Gasteiger partial charge in [0, 0.05) is 65.4 Å². The van der Waals surface area contributed by atoms with Crippen molar-refractivity contribution in [2.45, 2.75) is 81.6 Å². The third-order valence-electron chi connectivity index (χ3n) is 12.1. The lowest BCUT2D eigenvalue weighted by Gasteiger charge is -2.28. The van der Waals surface area contributed by atoms with E-state index in [1.165, 1.54) is 6.33 Å². The molecule has 69 heavy (non-hydrogen) atoms. The molecule has 3 aromatic carbocycles. The Bertz CT molecular complexity index is 2780.